The second-order valence-electron chi connectivity index (χ2n) is 4.89. The molecular formula is C16H22N2O2. The molecule has 0 aliphatic heterocycles. The zero-order valence-electron chi connectivity index (χ0n) is 12.5. The van der Waals surface area contributed by atoms with Gasteiger partial charge < -0.3 is 9.15 Å². The molecule has 4 nitrogen and oxygen atoms in total. The van der Waals surface area contributed by atoms with Crippen molar-refractivity contribution in [1.29, 1.82) is 0 Å². The number of hydrogen-bond acceptors (Lipinski definition) is 4. The molecule has 1 atom stereocenters. The molecule has 0 fully saturated rings. The molecule has 1 aromatic heterocycles. The highest BCUT2D eigenvalue weighted by Gasteiger charge is 2.21. The van der Waals surface area contributed by atoms with E-state index in [2.05, 4.69) is 25.3 Å². The Kier molecular flexibility index (Phi) is 4.47. The first kappa shape index (κ1) is 14.6. The molecule has 3 N–H and O–H groups in total. The number of benzene rings is 1. The summed E-state index contributed by atoms with van der Waals surface area (Å²) in [6.45, 7) is 6.17. The Balaban J connectivity index is 2.49. The van der Waals surface area contributed by atoms with Crippen LogP contribution in [0.1, 0.15) is 41.2 Å². The second kappa shape index (κ2) is 6.11. The van der Waals surface area contributed by atoms with Gasteiger partial charge in [-0.25, -0.2) is 5.43 Å². The SMILES string of the molecule is CCc1ccc(C(NN)c2ccc(C)c(C)c2OC)o1. The summed E-state index contributed by atoms with van der Waals surface area (Å²) >= 11 is 0. The van der Waals surface area contributed by atoms with Gasteiger partial charge in [0.2, 0.25) is 0 Å². The van der Waals surface area contributed by atoms with Crippen LogP contribution in [0.4, 0.5) is 0 Å². The average Bonchev–Trinajstić information content (AvgIpc) is 2.92. The van der Waals surface area contributed by atoms with Gasteiger partial charge in [-0.05, 0) is 37.1 Å². The second-order valence-corrected chi connectivity index (χ2v) is 4.89. The van der Waals surface area contributed by atoms with Crippen LogP contribution in [0.2, 0.25) is 0 Å². The van der Waals surface area contributed by atoms with Crippen molar-refractivity contribution in [2.24, 2.45) is 5.84 Å². The van der Waals surface area contributed by atoms with Crippen LogP contribution in [0, 0.1) is 13.8 Å². The zero-order chi connectivity index (χ0) is 14.7. The number of nitrogens with two attached hydrogens (primary N) is 1. The molecule has 4 heteroatoms. The summed E-state index contributed by atoms with van der Waals surface area (Å²) in [5, 5.41) is 0. The van der Waals surface area contributed by atoms with Crippen molar-refractivity contribution >= 4 is 0 Å². The maximum atomic E-state index is 5.81. The number of ether oxygens (including phenoxy) is 1. The number of hydrazine groups is 1. The molecule has 0 spiro atoms. The van der Waals surface area contributed by atoms with Crippen molar-refractivity contribution in [3.05, 3.63) is 52.5 Å². The lowest BCUT2D eigenvalue weighted by Crippen LogP contribution is -2.29. The third-order valence-corrected chi connectivity index (χ3v) is 3.70. The van der Waals surface area contributed by atoms with Crippen molar-refractivity contribution in [3.63, 3.8) is 0 Å². The summed E-state index contributed by atoms with van der Waals surface area (Å²) in [7, 11) is 1.68. The van der Waals surface area contributed by atoms with Crippen LogP contribution in [0.3, 0.4) is 0 Å². The normalized spacial score (nSPS) is 12.4. The molecule has 1 unspecified atom stereocenters. The molecule has 2 rings (SSSR count). The molecule has 0 bridgehead atoms. The largest absolute Gasteiger partial charge is 0.496 e. The summed E-state index contributed by atoms with van der Waals surface area (Å²) < 4.78 is 11.4. The number of hydrogen-bond donors (Lipinski definition) is 2. The quantitative estimate of drug-likeness (QED) is 0.650. The monoisotopic (exact) mass is 274 g/mol. The predicted octanol–water partition coefficient (Wildman–Crippen LogP) is 3.02. The first-order chi connectivity index (χ1) is 9.62. The van der Waals surface area contributed by atoms with E-state index in [-0.39, 0.29) is 6.04 Å². The van der Waals surface area contributed by atoms with Crippen molar-refractivity contribution in [2.75, 3.05) is 7.11 Å². The molecule has 1 heterocycles. The molecular weight excluding hydrogens is 252 g/mol. The molecule has 0 aliphatic carbocycles. The minimum atomic E-state index is -0.218. The van der Waals surface area contributed by atoms with Crippen molar-refractivity contribution in [1.82, 2.24) is 5.43 Å². The summed E-state index contributed by atoms with van der Waals surface area (Å²) in [6.07, 6.45) is 0.862. The van der Waals surface area contributed by atoms with Crippen LogP contribution in [-0.4, -0.2) is 7.11 Å². The van der Waals surface area contributed by atoms with Gasteiger partial charge in [-0.3, -0.25) is 5.84 Å². The number of methoxy groups -OCH3 is 1. The Morgan fingerprint density at radius 1 is 1.25 bits per heavy atom. The van der Waals surface area contributed by atoms with Crippen LogP contribution in [0.25, 0.3) is 0 Å². The molecule has 108 valence electrons. The highest BCUT2D eigenvalue weighted by Crippen LogP contribution is 2.34. The van der Waals surface area contributed by atoms with Crippen LogP contribution in [-0.2, 0) is 6.42 Å². The predicted molar refractivity (Wildman–Crippen MR) is 79.7 cm³/mol. The maximum Gasteiger partial charge on any atom is 0.127 e. The fourth-order valence-electron chi connectivity index (χ4n) is 2.37. The zero-order valence-corrected chi connectivity index (χ0v) is 12.5. The third kappa shape index (κ3) is 2.57. The lowest BCUT2D eigenvalue weighted by molar-refractivity contribution is 0.386. The summed E-state index contributed by atoms with van der Waals surface area (Å²) in [5.74, 6) is 8.33. The van der Waals surface area contributed by atoms with Gasteiger partial charge in [-0.1, -0.05) is 19.1 Å². The molecule has 0 saturated heterocycles. The lowest BCUT2D eigenvalue weighted by atomic mass is 9.98. The van der Waals surface area contributed by atoms with Crippen LogP contribution < -0.4 is 16.0 Å². The Morgan fingerprint density at radius 3 is 2.55 bits per heavy atom. The van der Waals surface area contributed by atoms with E-state index in [0.29, 0.717) is 0 Å². The molecule has 2 aromatic rings. The Bertz CT molecular complexity index is 590. The van der Waals surface area contributed by atoms with E-state index in [9.17, 15) is 0 Å². The van der Waals surface area contributed by atoms with Crippen molar-refractivity contribution < 1.29 is 9.15 Å². The van der Waals surface area contributed by atoms with E-state index in [4.69, 9.17) is 15.0 Å². The van der Waals surface area contributed by atoms with Gasteiger partial charge in [0.05, 0.1) is 7.11 Å². The van der Waals surface area contributed by atoms with Gasteiger partial charge in [0.25, 0.3) is 0 Å². The van der Waals surface area contributed by atoms with Gasteiger partial charge in [0, 0.05) is 12.0 Å². The molecule has 1 aromatic carbocycles. The Hall–Kier alpha value is -1.78. The van der Waals surface area contributed by atoms with Crippen LogP contribution in [0.15, 0.2) is 28.7 Å². The number of furan rings is 1. The molecule has 0 radical (unpaired) electrons. The smallest absolute Gasteiger partial charge is 0.127 e. The fourth-order valence-corrected chi connectivity index (χ4v) is 2.37. The Labute approximate surface area is 119 Å². The minimum absolute atomic E-state index is 0.218. The van der Waals surface area contributed by atoms with Gasteiger partial charge in [0.1, 0.15) is 23.3 Å². The summed E-state index contributed by atoms with van der Waals surface area (Å²) in [4.78, 5) is 0. The summed E-state index contributed by atoms with van der Waals surface area (Å²) in [6, 6.07) is 7.82. The van der Waals surface area contributed by atoms with Crippen molar-refractivity contribution in [3.8, 4) is 5.75 Å². The first-order valence-corrected chi connectivity index (χ1v) is 6.81. The minimum Gasteiger partial charge on any atom is -0.496 e. The highest BCUT2D eigenvalue weighted by molar-refractivity contribution is 5.48. The lowest BCUT2D eigenvalue weighted by Gasteiger charge is -2.19. The van der Waals surface area contributed by atoms with E-state index in [1.165, 1.54) is 5.56 Å². The van der Waals surface area contributed by atoms with Gasteiger partial charge >= 0.3 is 0 Å². The number of rotatable bonds is 5. The Morgan fingerprint density at radius 2 is 2.00 bits per heavy atom. The van der Waals surface area contributed by atoms with Crippen molar-refractivity contribution in [2.45, 2.75) is 33.2 Å². The number of nitrogens with one attached hydrogen (secondary N) is 1. The molecule has 0 amide bonds. The molecule has 0 aliphatic rings. The maximum absolute atomic E-state index is 5.81. The average molecular weight is 274 g/mol. The standard InChI is InChI=1S/C16H22N2O2/c1-5-12-7-9-14(20-12)15(18-17)13-8-6-10(2)11(3)16(13)19-4/h6-9,15,18H,5,17H2,1-4H3. The van der Waals surface area contributed by atoms with Crippen LogP contribution >= 0.6 is 0 Å². The van der Waals surface area contributed by atoms with E-state index >= 15 is 0 Å². The van der Waals surface area contributed by atoms with Gasteiger partial charge in [-0.2, -0.15) is 0 Å². The molecule has 0 saturated carbocycles. The first-order valence-electron chi connectivity index (χ1n) is 6.81. The van der Waals surface area contributed by atoms with Crippen LogP contribution in [0.5, 0.6) is 5.75 Å². The molecule has 20 heavy (non-hydrogen) atoms. The van der Waals surface area contributed by atoms with E-state index in [0.717, 1.165) is 34.8 Å². The third-order valence-electron chi connectivity index (χ3n) is 3.70. The summed E-state index contributed by atoms with van der Waals surface area (Å²) in [5.41, 5.74) is 6.11. The fraction of sp³-hybridized carbons (Fsp3) is 0.375. The number of aryl methyl sites for hydroxylation is 2. The topological polar surface area (TPSA) is 60.4 Å². The van der Waals surface area contributed by atoms with E-state index < -0.39 is 0 Å². The van der Waals surface area contributed by atoms with Gasteiger partial charge in [0.15, 0.2) is 0 Å². The van der Waals surface area contributed by atoms with E-state index in [1.807, 2.05) is 25.1 Å². The highest BCUT2D eigenvalue weighted by atomic mass is 16.5. The van der Waals surface area contributed by atoms with E-state index in [1.54, 1.807) is 7.11 Å². The van der Waals surface area contributed by atoms with Gasteiger partial charge in [-0.15, -0.1) is 0 Å².